The highest BCUT2D eigenvalue weighted by molar-refractivity contribution is 5.89. The number of halogens is 1. The molecule has 0 aliphatic carbocycles. The van der Waals surface area contributed by atoms with Gasteiger partial charge in [-0.05, 0) is 30.3 Å². The lowest BCUT2D eigenvalue weighted by molar-refractivity contribution is 0.195. The van der Waals surface area contributed by atoms with E-state index in [-0.39, 0.29) is 25.4 Å². The van der Waals surface area contributed by atoms with Crippen molar-refractivity contribution >= 4 is 11.7 Å². The lowest BCUT2D eigenvalue weighted by Crippen LogP contribution is -2.37. The summed E-state index contributed by atoms with van der Waals surface area (Å²) in [6.07, 6.45) is 5.20. The van der Waals surface area contributed by atoms with E-state index in [4.69, 9.17) is 5.11 Å². The van der Waals surface area contributed by atoms with Crippen LogP contribution < -0.4 is 5.32 Å². The van der Waals surface area contributed by atoms with Crippen LogP contribution in [0, 0.1) is 5.82 Å². The number of benzene rings is 1. The summed E-state index contributed by atoms with van der Waals surface area (Å²) in [7, 11) is 0. The van der Waals surface area contributed by atoms with E-state index < -0.39 is 11.8 Å². The third kappa shape index (κ3) is 3.73. The van der Waals surface area contributed by atoms with Gasteiger partial charge in [0, 0.05) is 31.2 Å². The van der Waals surface area contributed by atoms with Gasteiger partial charge in [0.25, 0.3) is 0 Å². The molecule has 5 nitrogen and oxygen atoms in total. The number of carbonyl (C=O) groups is 1. The largest absolute Gasteiger partial charge is 0.395 e. The molecule has 0 spiro atoms. The van der Waals surface area contributed by atoms with Crippen molar-refractivity contribution in [3.05, 3.63) is 61.2 Å². The number of nitrogens with one attached hydrogen (secondary N) is 1. The molecule has 1 heterocycles. The Balaban J connectivity index is 2.19. The molecule has 0 radical (unpaired) electrons. The number of aromatic nitrogens is 1. The predicted molar refractivity (Wildman–Crippen MR) is 83.6 cm³/mol. The smallest absolute Gasteiger partial charge is 0.322 e. The van der Waals surface area contributed by atoms with Crippen LogP contribution in [-0.4, -0.2) is 40.3 Å². The summed E-state index contributed by atoms with van der Waals surface area (Å²) in [5.41, 5.74) is 0.822. The Labute approximate surface area is 128 Å². The quantitative estimate of drug-likeness (QED) is 0.806. The average Bonchev–Trinajstić information content (AvgIpc) is 3.03. The molecule has 2 N–H and O–H groups in total. The van der Waals surface area contributed by atoms with Gasteiger partial charge in [0.2, 0.25) is 0 Å². The van der Waals surface area contributed by atoms with E-state index in [0.717, 1.165) is 5.69 Å². The van der Waals surface area contributed by atoms with E-state index in [0.29, 0.717) is 0 Å². The molecule has 0 saturated heterocycles. The standard InChI is InChI=1S/C16H18FN3O2/c1-2-7-20(10-11-21)16(22)18-15-12-13(5-6-14(15)17)19-8-3-4-9-19/h2-6,8-9,12,21H,1,7,10-11H2,(H,18,22). The van der Waals surface area contributed by atoms with Crippen molar-refractivity contribution in [3.63, 3.8) is 0 Å². The molecular weight excluding hydrogens is 285 g/mol. The first-order valence-corrected chi connectivity index (χ1v) is 6.86. The van der Waals surface area contributed by atoms with Gasteiger partial charge in [-0.15, -0.1) is 6.58 Å². The maximum Gasteiger partial charge on any atom is 0.322 e. The fourth-order valence-electron chi connectivity index (χ4n) is 2.02. The summed E-state index contributed by atoms with van der Waals surface area (Å²) >= 11 is 0. The van der Waals surface area contributed by atoms with Crippen LogP contribution in [0.3, 0.4) is 0 Å². The molecule has 2 amide bonds. The van der Waals surface area contributed by atoms with Gasteiger partial charge >= 0.3 is 6.03 Å². The van der Waals surface area contributed by atoms with E-state index in [1.54, 1.807) is 18.2 Å². The SMILES string of the molecule is C=CCN(CCO)C(=O)Nc1cc(-n2cccc2)ccc1F. The van der Waals surface area contributed by atoms with Gasteiger partial charge in [-0.3, -0.25) is 0 Å². The van der Waals surface area contributed by atoms with Gasteiger partial charge in [-0.2, -0.15) is 0 Å². The average molecular weight is 303 g/mol. The molecule has 0 atom stereocenters. The van der Waals surface area contributed by atoms with Crippen molar-refractivity contribution in [2.45, 2.75) is 0 Å². The molecule has 1 aromatic heterocycles. The molecule has 116 valence electrons. The number of aliphatic hydroxyl groups is 1. The molecule has 6 heteroatoms. The number of hydrogen-bond donors (Lipinski definition) is 2. The van der Waals surface area contributed by atoms with Crippen LogP contribution in [0.4, 0.5) is 14.9 Å². The first-order valence-electron chi connectivity index (χ1n) is 6.86. The van der Waals surface area contributed by atoms with Crippen molar-refractivity contribution in [3.8, 4) is 5.69 Å². The van der Waals surface area contributed by atoms with Crippen molar-refractivity contribution in [2.24, 2.45) is 0 Å². The minimum atomic E-state index is -0.521. The highest BCUT2D eigenvalue weighted by Gasteiger charge is 2.14. The topological polar surface area (TPSA) is 57.5 Å². The van der Waals surface area contributed by atoms with E-state index >= 15 is 0 Å². The van der Waals surface area contributed by atoms with Crippen LogP contribution in [0.1, 0.15) is 0 Å². The number of aliphatic hydroxyl groups excluding tert-OH is 1. The Bertz CT molecular complexity index is 641. The number of carbonyl (C=O) groups excluding carboxylic acids is 1. The predicted octanol–water partition coefficient (Wildman–Crippen LogP) is 2.63. The molecule has 0 bridgehead atoms. The van der Waals surface area contributed by atoms with E-state index in [1.165, 1.54) is 11.0 Å². The van der Waals surface area contributed by atoms with Crippen LogP contribution in [0.15, 0.2) is 55.4 Å². The Morgan fingerprint density at radius 3 is 2.77 bits per heavy atom. The fraction of sp³-hybridized carbons (Fsp3) is 0.188. The number of amides is 2. The van der Waals surface area contributed by atoms with Crippen molar-refractivity contribution in [2.75, 3.05) is 25.0 Å². The Kier molecular flexibility index (Phi) is 5.32. The lowest BCUT2D eigenvalue weighted by Gasteiger charge is -2.21. The van der Waals surface area contributed by atoms with Gasteiger partial charge in [0.1, 0.15) is 5.82 Å². The third-order valence-corrected chi connectivity index (χ3v) is 3.10. The van der Waals surface area contributed by atoms with Gasteiger partial charge in [0.05, 0.1) is 12.3 Å². The molecule has 0 aliphatic heterocycles. The van der Waals surface area contributed by atoms with Crippen LogP contribution in [-0.2, 0) is 0 Å². The normalized spacial score (nSPS) is 10.3. The molecule has 0 saturated carbocycles. The van der Waals surface area contributed by atoms with Crippen LogP contribution >= 0.6 is 0 Å². The summed E-state index contributed by atoms with van der Waals surface area (Å²) < 4.78 is 15.7. The van der Waals surface area contributed by atoms with E-state index in [1.807, 2.05) is 29.1 Å². The molecule has 2 aromatic rings. The molecular formula is C16H18FN3O2. The highest BCUT2D eigenvalue weighted by atomic mass is 19.1. The minimum Gasteiger partial charge on any atom is -0.395 e. The number of rotatable bonds is 6. The highest BCUT2D eigenvalue weighted by Crippen LogP contribution is 2.19. The monoisotopic (exact) mass is 303 g/mol. The van der Waals surface area contributed by atoms with E-state index in [9.17, 15) is 9.18 Å². The second kappa shape index (κ2) is 7.42. The lowest BCUT2D eigenvalue weighted by atomic mass is 10.2. The van der Waals surface area contributed by atoms with Crippen LogP contribution in [0.5, 0.6) is 0 Å². The van der Waals surface area contributed by atoms with Gasteiger partial charge in [-0.1, -0.05) is 6.08 Å². The van der Waals surface area contributed by atoms with Crippen LogP contribution in [0.25, 0.3) is 5.69 Å². The summed E-state index contributed by atoms with van der Waals surface area (Å²) in [5, 5.41) is 11.5. The molecule has 2 rings (SSSR count). The second-order valence-electron chi connectivity index (χ2n) is 4.64. The van der Waals surface area contributed by atoms with Gasteiger partial charge in [-0.25, -0.2) is 9.18 Å². The third-order valence-electron chi connectivity index (χ3n) is 3.10. The zero-order valence-electron chi connectivity index (χ0n) is 12.1. The van der Waals surface area contributed by atoms with Crippen LogP contribution in [0.2, 0.25) is 0 Å². The maximum atomic E-state index is 13.9. The Hall–Kier alpha value is -2.60. The molecule has 0 unspecified atom stereocenters. The summed E-state index contributed by atoms with van der Waals surface area (Å²) in [6.45, 7) is 3.80. The second-order valence-corrected chi connectivity index (χ2v) is 4.64. The zero-order valence-corrected chi connectivity index (χ0v) is 12.1. The minimum absolute atomic E-state index is 0.0863. The zero-order chi connectivity index (χ0) is 15.9. The number of urea groups is 1. The summed E-state index contributed by atoms with van der Waals surface area (Å²) in [6, 6.07) is 7.70. The summed E-state index contributed by atoms with van der Waals surface area (Å²) in [4.78, 5) is 13.5. The summed E-state index contributed by atoms with van der Waals surface area (Å²) in [5.74, 6) is -0.521. The van der Waals surface area contributed by atoms with Crippen molar-refractivity contribution < 1.29 is 14.3 Å². The first kappa shape index (κ1) is 15.8. The van der Waals surface area contributed by atoms with E-state index in [2.05, 4.69) is 11.9 Å². The molecule has 22 heavy (non-hydrogen) atoms. The fourth-order valence-corrected chi connectivity index (χ4v) is 2.02. The van der Waals surface area contributed by atoms with Crippen molar-refractivity contribution in [1.82, 2.24) is 9.47 Å². The number of nitrogens with zero attached hydrogens (tertiary/aromatic N) is 2. The molecule has 0 aliphatic rings. The van der Waals surface area contributed by atoms with Crippen molar-refractivity contribution in [1.29, 1.82) is 0 Å². The Morgan fingerprint density at radius 2 is 2.14 bits per heavy atom. The van der Waals surface area contributed by atoms with Gasteiger partial charge < -0.3 is 19.9 Å². The molecule has 1 aromatic carbocycles. The Morgan fingerprint density at radius 1 is 1.41 bits per heavy atom. The molecule has 0 fully saturated rings. The van der Waals surface area contributed by atoms with Gasteiger partial charge in [0.15, 0.2) is 0 Å². The number of hydrogen-bond acceptors (Lipinski definition) is 2. The first-order chi connectivity index (χ1) is 10.7. The maximum absolute atomic E-state index is 13.9. The number of anilines is 1.